The molecule has 0 saturated heterocycles. The zero-order valence-electron chi connectivity index (χ0n) is 10.4. The van der Waals surface area contributed by atoms with E-state index in [0.29, 0.717) is 17.1 Å². The molecule has 4 heteroatoms. The highest BCUT2D eigenvalue weighted by molar-refractivity contribution is 6.07. The van der Waals surface area contributed by atoms with Crippen molar-refractivity contribution >= 4 is 5.78 Å². The van der Waals surface area contributed by atoms with Crippen molar-refractivity contribution in [1.82, 2.24) is 9.55 Å². The lowest BCUT2D eigenvalue weighted by molar-refractivity contribution is 0.101. The van der Waals surface area contributed by atoms with Crippen LogP contribution in [0.3, 0.4) is 0 Å². The molecule has 3 rings (SSSR count). The molecule has 2 heterocycles. The summed E-state index contributed by atoms with van der Waals surface area (Å²) in [4.78, 5) is 16.2. The molecule has 0 aliphatic heterocycles. The van der Waals surface area contributed by atoms with Crippen LogP contribution < -0.4 is 0 Å². The van der Waals surface area contributed by atoms with Crippen LogP contribution in [0.4, 0.5) is 0 Å². The van der Waals surface area contributed by atoms with E-state index in [-0.39, 0.29) is 5.78 Å². The fraction of sp³-hybridized carbons (Fsp3) is 0.0667. The first-order valence-electron chi connectivity index (χ1n) is 5.92. The average molecular weight is 252 g/mol. The molecule has 0 amide bonds. The predicted molar refractivity (Wildman–Crippen MR) is 70.8 cm³/mol. The van der Waals surface area contributed by atoms with Crippen molar-refractivity contribution < 1.29 is 9.21 Å². The van der Waals surface area contributed by atoms with Crippen molar-refractivity contribution in [2.75, 3.05) is 0 Å². The SMILES string of the molecule is Cn1cncc1-c1ccc(C(=O)c2ccccc2)o1. The van der Waals surface area contributed by atoms with Crippen LogP contribution in [0.1, 0.15) is 16.1 Å². The van der Waals surface area contributed by atoms with Gasteiger partial charge in [0.15, 0.2) is 11.5 Å². The second-order valence-electron chi connectivity index (χ2n) is 4.25. The maximum atomic E-state index is 12.2. The lowest BCUT2D eigenvalue weighted by atomic mass is 10.1. The Morgan fingerprint density at radius 3 is 2.63 bits per heavy atom. The van der Waals surface area contributed by atoms with E-state index >= 15 is 0 Å². The summed E-state index contributed by atoms with van der Waals surface area (Å²) in [7, 11) is 1.88. The van der Waals surface area contributed by atoms with Gasteiger partial charge in [-0.3, -0.25) is 4.79 Å². The van der Waals surface area contributed by atoms with Crippen molar-refractivity contribution in [2.24, 2.45) is 7.05 Å². The fourth-order valence-electron chi connectivity index (χ4n) is 1.92. The zero-order valence-corrected chi connectivity index (χ0v) is 10.4. The van der Waals surface area contributed by atoms with Crippen molar-refractivity contribution in [3.05, 3.63) is 66.3 Å². The summed E-state index contributed by atoms with van der Waals surface area (Å²) < 4.78 is 7.46. The third kappa shape index (κ3) is 2.08. The lowest BCUT2D eigenvalue weighted by Gasteiger charge is -1.98. The Balaban J connectivity index is 1.94. The number of carbonyl (C=O) groups is 1. The Morgan fingerprint density at radius 2 is 1.95 bits per heavy atom. The third-order valence-electron chi connectivity index (χ3n) is 2.93. The Morgan fingerprint density at radius 1 is 1.16 bits per heavy atom. The predicted octanol–water partition coefficient (Wildman–Crippen LogP) is 2.91. The van der Waals surface area contributed by atoms with E-state index in [4.69, 9.17) is 4.42 Å². The van der Waals surface area contributed by atoms with Gasteiger partial charge in [-0.2, -0.15) is 0 Å². The van der Waals surface area contributed by atoms with Crippen molar-refractivity contribution in [2.45, 2.75) is 0 Å². The van der Waals surface area contributed by atoms with Gasteiger partial charge in [-0.1, -0.05) is 30.3 Å². The van der Waals surface area contributed by atoms with E-state index in [9.17, 15) is 4.79 Å². The largest absolute Gasteiger partial charge is 0.451 e. The topological polar surface area (TPSA) is 48.0 Å². The third-order valence-corrected chi connectivity index (χ3v) is 2.93. The van der Waals surface area contributed by atoms with Gasteiger partial charge in [-0.15, -0.1) is 0 Å². The van der Waals surface area contributed by atoms with Crippen molar-refractivity contribution in [3.8, 4) is 11.5 Å². The van der Waals surface area contributed by atoms with Gasteiger partial charge in [0, 0.05) is 12.6 Å². The number of furan rings is 1. The molecule has 1 aromatic carbocycles. The van der Waals surface area contributed by atoms with Gasteiger partial charge in [0.25, 0.3) is 0 Å². The van der Waals surface area contributed by atoms with Gasteiger partial charge in [0.2, 0.25) is 5.78 Å². The van der Waals surface area contributed by atoms with Gasteiger partial charge in [-0.25, -0.2) is 4.98 Å². The highest BCUT2D eigenvalue weighted by atomic mass is 16.3. The first kappa shape index (κ1) is 11.5. The van der Waals surface area contributed by atoms with E-state index in [1.54, 1.807) is 36.8 Å². The van der Waals surface area contributed by atoms with Crippen molar-refractivity contribution in [1.29, 1.82) is 0 Å². The summed E-state index contributed by atoms with van der Waals surface area (Å²) in [6.07, 6.45) is 3.39. The Kier molecular flexibility index (Phi) is 2.76. The fourth-order valence-corrected chi connectivity index (χ4v) is 1.92. The second kappa shape index (κ2) is 4.57. The molecule has 0 atom stereocenters. The number of ketones is 1. The lowest BCUT2D eigenvalue weighted by Crippen LogP contribution is -1.98. The number of hydrogen-bond donors (Lipinski definition) is 0. The van der Waals surface area contributed by atoms with Gasteiger partial charge in [-0.05, 0) is 12.1 Å². The van der Waals surface area contributed by atoms with Gasteiger partial charge in [0.1, 0.15) is 5.69 Å². The molecule has 0 unspecified atom stereocenters. The Labute approximate surface area is 110 Å². The van der Waals surface area contributed by atoms with E-state index in [0.717, 1.165) is 5.69 Å². The molecule has 0 fully saturated rings. The molecule has 0 radical (unpaired) electrons. The molecular weight excluding hydrogens is 240 g/mol. The average Bonchev–Trinajstić information content (AvgIpc) is 3.07. The minimum atomic E-state index is -0.117. The molecule has 0 aliphatic carbocycles. The molecule has 0 N–H and O–H groups in total. The van der Waals surface area contributed by atoms with Crippen LogP contribution in [0, 0.1) is 0 Å². The number of rotatable bonds is 3. The summed E-state index contributed by atoms with van der Waals surface area (Å²) in [6.45, 7) is 0. The van der Waals surface area contributed by atoms with Crippen LogP contribution in [-0.2, 0) is 7.05 Å². The van der Waals surface area contributed by atoms with Crippen molar-refractivity contribution in [3.63, 3.8) is 0 Å². The molecule has 0 bridgehead atoms. The number of imidazole rings is 1. The maximum Gasteiger partial charge on any atom is 0.228 e. The van der Waals surface area contributed by atoms with Gasteiger partial charge < -0.3 is 8.98 Å². The molecule has 0 spiro atoms. The first-order valence-corrected chi connectivity index (χ1v) is 5.92. The number of nitrogens with zero attached hydrogens (tertiary/aromatic N) is 2. The number of aromatic nitrogens is 2. The first-order chi connectivity index (χ1) is 9.25. The van der Waals surface area contributed by atoms with E-state index in [1.165, 1.54) is 0 Å². The molecule has 4 nitrogen and oxygen atoms in total. The maximum absolute atomic E-state index is 12.2. The summed E-state index contributed by atoms with van der Waals surface area (Å²) in [5, 5.41) is 0. The second-order valence-corrected chi connectivity index (χ2v) is 4.25. The molecule has 3 aromatic rings. The molecule has 0 aliphatic rings. The molecule has 0 saturated carbocycles. The van der Waals surface area contributed by atoms with Gasteiger partial charge in [0.05, 0.1) is 12.5 Å². The summed E-state index contributed by atoms with van der Waals surface area (Å²) in [6, 6.07) is 12.6. The Hall–Kier alpha value is -2.62. The van der Waals surface area contributed by atoms with Crippen LogP contribution >= 0.6 is 0 Å². The molecule has 2 aromatic heterocycles. The van der Waals surface area contributed by atoms with Crippen LogP contribution in [0.5, 0.6) is 0 Å². The quantitative estimate of drug-likeness (QED) is 0.673. The van der Waals surface area contributed by atoms with E-state index in [1.807, 2.05) is 29.8 Å². The minimum Gasteiger partial charge on any atom is -0.451 e. The normalized spacial score (nSPS) is 10.6. The summed E-state index contributed by atoms with van der Waals surface area (Å²) >= 11 is 0. The van der Waals surface area contributed by atoms with E-state index in [2.05, 4.69) is 4.98 Å². The minimum absolute atomic E-state index is 0.117. The smallest absolute Gasteiger partial charge is 0.228 e. The molecule has 94 valence electrons. The Bertz CT molecular complexity index is 711. The number of aryl methyl sites for hydroxylation is 1. The highest BCUT2D eigenvalue weighted by Crippen LogP contribution is 2.22. The van der Waals surface area contributed by atoms with Gasteiger partial charge >= 0.3 is 0 Å². The van der Waals surface area contributed by atoms with Crippen LogP contribution in [0.15, 0.2) is 59.4 Å². The summed E-state index contributed by atoms with van der Waals surface area (Å²) in [5.74, 6) is 0.857. The monoisotopic (exact) mass is 252 g/mol. The number of carbonyl (C=O) groups excluding carboxylic acids is 1. The van der Waals surface area contributed by atoms with Crippen LogP contribution in [0.25, 0.3) is 11.5 Å². The summed E-state index contributed by atoms with van der Waals surface area (Å²) in [5.41, 5.74) is 1.46. The highest BCUT2D eigenvalue weighted by Gasteiger charge is 2.15. The number of benzene rings is 1. The number of hydrogen-bond acceptors (Lipinski definition) is 3. The van der Waals surface area contributed by atoms with Crippen LogP contribution in [-0.4, -0.2) is 15.3 Å². The van der Waals surface area contributed by atoms with E-state index < -0.39 is 0 Å². The molecular formula is C15H12N2O2. The standard InChI is InChI=1S/C15H12N2O2/c1-17-10-16-9-12(17)13-7-8-14(19-13)15(18)11-5-3-2-4-6-11/h2-10H,1H3. The zero-order chi connectivity index (χ0) is 13.2. The molecule has 19 heavy (non-hydrogen) atoms. The van der Waals surface area contributed by atoms with Crippen LogP contribution in [0.2, 0.25) is 0 Å².